The summed E-state index contributed by atoms with van der Waals surface area (Å²) in [7, 11) is 0. The number of fused-ring (bicyclic) bond motifs is 3. The van der Waals surface area contributed by atoms with Gasteiger partial charge in [-0.3, -0.25) is 4.79 Å². The number of amides is 1. The Kier molecular flexibility index (Phi) is 3.79. The van der Waals surface area contributed by atoms with Gasteiger partial charge in [0.25, 0.3) is 0 Å². The molecule has 1 saturated carbocycles. The van der Waals surface area contributed by atoms with Gasteiger partial charge in [-0.1, -0.05) is 48.4 Å². The monoisotopic (exact) mass is 364 g/mol. The van der Waals surface area contributed by atoms with Crippen LogP contribution in [0.15, 0.2) is 48.5 Å². The number of nitrogens with zero attached hydrogens (tertiary/aromatic N) is 1. The van der Waals surface area contributed by atoms with Crippen molar-refractivity contribution in [3.8, 4) is 0 Å². The minimum absolute atomic E-state index is 0.0588. The van der Waals surface area contributed by atoms with E-state index in [2.05, 4.69) is 46.3 Å². The average molecular weight is 365 g/mol. The van der Waals surface area contributed by atoms with E-state index in [1.54, 1.807) is 0 Å². The number of rotatable bonds is 2. The molecule has 0 bridgehead atoms. The van der Waals surface area contributed by atoms with Crippen molar-refractivity contribution >= 4 is 28.4 Å². The molecule has 1 aliphatic carbocycles. The number of aromatic nitrogens is 1. The van der Waals surface area contributed by atoms with Gasteiger partial charge >= 0.3 is 0 Å². The number of carbonyl (C=O) groups excluding carboxylic acids is 1. The normalized spacial score (nSPS) is 20.0. The van der Waals surface area contributed by atoms with Gasteiger partial charge < -0.3 is 9.88 Å². The van der Waals surface area contributed by atoms with E-state index in [4.69, 9.17) is 11.6 Å². The molecule has 1 amide bonds. The number of nitrogens with one attached hydrogen (secondary N) is 1. The lowest BCUT2D eigenvalue weighted by Crippen LogP contribution is -2.45. The maximum atomic E-state index is 13.1. The molecule has 0 radical (unpaired) electrons. The first-order valence-electron chi connectivity index (χ1n) is 9.38. The molecule has 4 heteroatoms. The molecule has 0 unspecified atom stereocenters. The van der Waals surface area contributed by atoms with E-state index in [1.807, 2.05) is 12.1 Å². The van der Waals surface area contributed by atoms with Crippen LogP contribution in [0.3, 0.4) is 0 Å². The fraction of sp³-hybridized carbons (Fsp3) is 0.318. The van der Waals surface area contributed by atoms with Gasteiger partial charge in [-0.15, -0.1) is 0 Å². The molecule has 0 saturated heterocycles. The van der Waals surface area contributed by atoms with Crippen molar-refractivity contribution in [3.05, 3.63) is 70.4 Å². The molecule has 26 heavy (non-hydrogen) atoms. The molecule has 1 aliphatic heterocycles. The Morgan fingerprint density at radius 2 is 1.85 bits per heavy atom. The zero-order valence-corrected chi connectivity index (χ0v) is 15.3. The van der Waals surface area contributed by atoms with Crippen LogP contribution in [-0.2, 0) is 11.2 Å². The summed E-state index contributed by atoms with van der Waals surface area (Å²) in [6.07, 6.45) is 4.14. The van der Waals surface area contributed by atoms with Crippen molar-refractivity contribution in [2.75, 3.05) is 6.54 Å². The summed E-state index contributed by atoms with van der Waals surface area (Å²) in [5.41, 5.74) is 4.77. The number of hydrogen-bond acceptors (Lipinski definition) is 1. The lowest BCUT2D eigenvalue weighted by molar-refractivity contribution is -0.140. The minimum Gasteiger partial charge on any atom is -0.356 e. The number of aromatic amines is 1. The van der Waals surface area contributed by atoms with Gasteiger partial charge in [0.05, 0.1) is 6.04 Å². The topological polar surface area (TPSA) is 36.1 Å². The highest BCUT2D eigenvalue weighted by Crippen LogP contribution is 2.41. The van der Waals surface area contributed by atoms with Crippen molar-refractivity contribution in [2.24, 2.45) is 5.92 Å². The van der Waals surface area contributed by atoms with Crippen LogP contribution >= 0.6 is 11.6 Å². The summed E-state index contributed by atoms with van der Waals surface area (Å²) in [6.45, 7) is 0.775. The van der Waals surface area contributed by atoms with Gasteiger partial charge in [0, 0.05) is 34.1 Å². The van der Waals surface area contributed by atoms with Crippen LogP contribution in [0, 0.1) is 5.92 Å². The van der Waals surface area contributed by atoms with Gasteiger partial charge in [0.1, 0.15) is 0 Å². The van der Waals surface area contributed by atoms with E-state index in [0.29, 0.717) is 5.91 Å². The molecule has 1 aromatic heterocycles. The van der Waals surface area contributed by atoms with Crippen LogP contribution in [0.5, 0.6) is 0 Å². The molecule has 2 aromatic carbocycles. The summed E-state index contributed by atoms with van der Waals surface area (Å²) in [6, 6.07) is 16.3. The number of hydrogen-bond donors (Lipinski definition) is 1. The lowest BCUT2D eigenvalue weighted by Gasteiger charge is -2.40. The zero-order chi connectivity index (χ0) is 17.7. The Morgan fingerprint density at radius 3 is 2.58 bits per heavy atom. The number of H-pyrrole nitrogens is 1. The minimum atomic E-state index is -0.0588. The molecule has 3 nitrogen and oxygen atoms in total. The van der Waals surface area contributed by atoms with Crippen LogP contribution in [-0.4, -0.2) is 22.3 Å². The van der Waals surface area contributed by atoms with Gasteiger partial charge in [-0.05, 0) is 48.6 Å². The summed E-state index contributed by atoms with van der Waals surface area (Å²) in [5.74, 6) is 0.510. The summed E-state index contributed by atoms with van der Waals surface area (Å²) < 4.78 is 0. The molecular weight excluding hydrogens is 344 g/mol. The summed E-state index contributed by atoms with van der Waals surface area (Å²) in [5, 5.41) is 2.00. The van der Waals surface area contributed by atoms with Crippen LogP contribution < -0.4 is 0 Å². The van der Waals surface area contributed by atoms with Gasteiger partial charge in [0.2, 0.25) is 5.91 Å². The van der Waals surface area contributed by atoms with Crippen LogP contribution in [0.2, 0.25) is 5.02 Å². The Balaban J connectivity index is 1.65. The first-order valence-corrected chi connectivity index (χ1v) is 9.75. The third-order valence-corrected chi connectivity index (χ3v) is 6.21. The van der Waals surface area contributed by atoms with Crippen molar-refractivity contribution in [1.29, 1.82) is 0 Å². The first kappa shape index (κ1) is 16.0. The molecule has 1 fully saturated rings. The molecule has 1 N–H and O–H groups in total. The molecule has 2 aliphatic rings. The molecule has 0 spiro atoms. The number of halogens is 1. The predicted molar refractivity (Wildman–Crippen MR) is 104 cm³/mol. The van der Waals surface area contributed by atoms with Crippen LogP contribution in [0.25, 0.3) is 10.9 Å². The first-order chi connectivity index (χ1) is 12.7. The maximum Gasteiger partial charge on any atom is 0.226 e. The second-order valence-electron chi connectivity index (χ2n) is 7.43. The van der Waals surface area contributed by atoms with Crippen molar-refractivity contribution in [2.45, 2.75) is 31.7 Å². The van der Waals surface area contributed by atoms with E-state index in [-0.39, 0.29) is 12.0 Å². The van der Waals surface area contributed by atoms with Gasteiger partial charge in [-0.25, -0.2) is 0 Å². The number of benzene rings is 2. The Morgan fingerprint density at radius 1 is 1.08 bits per heavy atom. The fourth-order valence-electron chi connectivity index (χ4n) is 4.36. The Hall–Kier alpha value is -2.26. The smallest absolute Gasteiger partial charge is 0.226 e. The van der Waals surface area contributed by atoms with Crippen LogP contribution in [0.4, 0.5) is 0 Å². The van der Waals surface area contributed by atoms with Gasteiger partial charge in [0.15, 0.2) is 0 Å². The largest absolute Gasteiger partial charge is 0.356 e. The Bertz CT molecular complexity index is 971. The third-order valence-electron chi connectivity index (χ3n) is 5.96. The van der Waals surface area contributed by atoms with E-state index in [9.17, 15) is 4.79 Å². The lowest BCUT2D eigenvalue weighted by atomic mass is 9.82. The summed E-state index contributed by atoms with van der Waals surface area (Å²) >= 11 is 6.11. The highest BCUT2D eigenvalue weighted by molar-refractivity contribution is 6.30. The zero-order valence-electron chi connectivity index (χ0n) is 14.5. The second-order valence-corrected chi connectivity index (χ2v) is 7.86. The molecule has 132 valence electrons. The van der Waals surface area contributed by atoms with Crippen LogP contribution in [0.1, 0.15) is 42.1 Å². The maximum absolute atomic E-state index is 13.1. The molecule has 5 rings (SSSR count). The highest BCUT2D eigenvalue weighted by Gasteiger charge is 2.38. The second kappa shape index (κ2) is 6.17. The molecule has 1 atom stereocenters. The molecule has 3 aromatic rings. The van der Waals surface area contributed by atoms with E-state index in [0.717, 1.165) is 47.6 Å². The van der Waals surface area contributed by atoms with E-state index < -0.39 is 0 Å². The SMILES string of the molecule is O=C(C1CCC1)N1CCc2c([nH]c3ccccc23)[C@H]1c1ccc(Cl)cc1. The average Bonchev–Trinajstić information content (AvgIpc) is 2.99. The standard InChI is InChI=1S/C22H21ClN2O/c23-16-10-8-14(9-11-16)21-20-18(17-6-1-2-7-19(17)24-20)12-13-25(21)22(26)15-4-3-5-15/h1-2,6-11,15,21,24H,3-5,12-13H2/t21-/m1/s1. The summed E-state index contributed by atoms with van der Waals surface area (Å²) in [4.78, 5) is 18.8. The Labute approximate surface area is 158 Å². The predicted octanol–water partition coefficient (Wildman–Crippen LogP) is 5.10. The number of carbonyl (C=O) groups is 1. The van der Waals surface area contributed by atoms with Crippen molar-refractivity contribution < 1.29 is 4.79 Å². The van der Waals surface area contributed by atoms with Crippen molar-refractivity contribution in [1.82, 2.24) is 9.88 Å². The molecular formula is C22H21ClN2O. The quantitative estimate of drug-likeness (QED) is 0.675. The molecule has 2 heterocycles. The van der Waals surface area contributed by atoms with E-state index >= 15 is 0 Å². The number of para-hydroxylation sites is 1. The highest BCUT2D eigenvalue weighted by atomic mass is 35.5. The third kappa shape index (κ3) is 2.45. The van der Waals surface area contributed by atoms with Crippen molar-refractivity contribution in [3.63, 3.8) is 0 Å². The van der Waals surface area contributed by atoms with E-state index in [1.165, 1.54) is 17.4 Å². The van der Waals surface area contributed by atoms with Gasteiger partial charge in [-0.2, -0.15) is 0 Å². The fourth-order valence-corrected chi connectivity index (χ4v) is 4.49.